The van der Waals surface area contributed by atoms with Crippen LogP contribution in [-0.2, 0) is 0 Å². The second kappa shape index (κ2) is 6.25. The van der Waals surface area contributed by atoms with E-state index in [4.69, 9.17) is 5.73 Å². The summed E-state index contributed by atoms with van der Waals surface area (Å²) in [7, 11) is 0. The van der Waals surface area contributed by atoms with Gasteiger partial charge in [-0.3, -0.25) is 4.79 Å². The molecule has 0 spiro atoms. The van der Waals surface area contributed by atoms with Gasteiger partial charge < -0.3 is 11.1 Å². The van der Waals surface area contributed by atoms with E-state index >= 15 is 0 Å². The van der Waals surface area contributed by atoms with E-state index in [0.29, 0.717) is 6.07 Å². The van der Waals surface area contributed by atoms with Gasteiger partial charge in [-0.2, -0.15) is 0 Å². The molecule has 1 unspecified atom stereocenters. The summed E-state index contributed by atoms with van der Waals surface area (Å²) in [5.41, 5.74) is 6.72. The smallest absolute Gasteiger partial charge is 0.251 e. The van der Waals surface area contributed by atoms with Gasteiger partial charge in [0.2, 0.25) is 0 Å². The van der Waals surface area contributed by atoms with Crippen LogP contribution in [0.5, 0.6) is 0 Å². The molecule has 20 heavy (non-hydrogen) atoms. The predicted molar refractivity (Wildman–Crippen MR) is 72.1 cm³/mol. The highest BCUT2D eigenvalue weighted by molar-refractivity contribution is 5.94. The number of hydrogen-bond acceptors (Lipinski definition) is 2. The van der Waals surface area contributed by atoms with E-state index in [9.17, 15) is 13.6 Å². The highest BCUT2D eigenvalue weighted by Crippen LogP contribution is 2.10. The molecule has 2 aromatic rings. The van der Waals surface area contributed by atoms with Gasteiger partial charge >= 0.3 is 0 Å². The first-order valence-electron chi connectivity index (χ1n) is 6.11. The van der Waals surface area contributed by atoms with Crippen LogP contribution in [0.15, 0.2) is 48.5 Å². The topological polar surface area (TPSA) is 55.1 Å². The zero-order chi connectivity index (χ0) is 14.5. The Labute approximate surface area is 115 Å². The average Bonchev–Trinajstić information content (AvgIpc) is 2.44. The molecule has 0 heterocycles. The number of hydrogen-bond donors (Lipinski definition) is 2. The molecule has 0 aliphatic heterocycles. The van der Waals surface area contributed by atoms with E-state index in [1.54, 1.807) is 0 Å². The molecule has 2 aromatic carbocycles. The van der Waals surface area contributed by atoms with Crippen molar-refractivity contribution in [3.8, 4) is 0 Å². The van der Waals surface area contributed by atoms with E-state index in [1.807, 2.05) is 30.3 Å². The second-order valence-electron chi connectivity index (χ2n) is 4.39. The van der Waals surface area contributed by atoms with Crippen molar-refractivity contribution in [2.75, 3.05) is 6.54 Å². The molecule has 0 fully saturated rings. The Morgan fingerprint density at radius 1 is 1.10 bits per heavy atom. The van der Waals surface area contributed by atoms with Crippen LogP contribution in [0.25, 0.3) is 0 Å². The minimum Gasteiger partial charge on any atom is -0.350 e. The van der Waals surface area contributed by atoms with Gasteiger partial charge in [0.25, 0.3) is 5.91 Å². The Kier molecular flexibility index (Phi) is 4.42. The molecular formula is C15H14F2N2O. The van der Waals surface area contributed by atoms with Crippen molar-refractivity contribution in [3.05, 3.63) is 71.3 Å². The van der Waals surface area contributed by atoms with Gasteiger partial charge in [-0.15, -0.1) is 0 Å². The number of nitrogens with two attached hydrogens (primary N) is 1. The Morgan fingerprint density at radius 2 is 1.70 bits per heavy atom. The first-order valence-corrected chi connectivity index (χ1v) is 6.11. The highest BCUT2D eigenvalue weighted by atomic mass is 19.1. The first kappa shape index (κ1) is 14.1. The summed E-state index contributed by atoms with van der Waals surface area (Å²) < 4.78 is 26.0. The summed E-state index contributed by atoms with van der Waals surface area (Å²) in [6, 6.07) is 11.5. The quantitative estimate of drug-likeness (QED) is 0.901. The lowest BCUT2D eigenvalue weighted by Gasteiger charge is -2.13. The Morgan fingerprint density at radius 3 is 2.30 bits per heavy atom. The van der Waals surface area contributed by atoms with Crippen LogP contribution in [0.3, 0.4) is 0 Å². The molecule has 0 aliphatic carbocycles. The molecule has 0 aliphatic rings. The maximum Gasteiger partial charge on any atom is 0.251 e. The third kappa shape index (κ3) is 3.61. The molecule has 0 aromatic heterocycles. The zero-order valence-electron chi connectivity index (χ0n) is 10.6. The highest BCUT2D eigenvalue weighted by Gasteiger charge is 2.11. The molecular weight excluding hydrogens is 262 g/mol. The number of halogens is 2. The Balaban J connectivity index is 1.98. The third-order valence-corrected chi connectivity index (χ3v) is 2.84. The van der Waals surface area contributed by atoms with Crippen LogP contribution in [-0.4, -0.2) is 12.5 Å². The largest absolute Gasteiger partial charge is 0.350 e. The molecule has 104 valence electrons. The van der Waals surface area contributed by atoms with E-state index in [-0.39, 0.29) is 18.2 Å². The predicted octanol–water partition coefficient (Wildman–Crippen LogP) is 2.39. The van der Waals surface area contributed by atoms with Gasteiger partial charge in [0.15, 0.2) is 0 Å². The van der Waals surface area contributed by atoms with Crippen LogP contribution in [0.2, 0.25) is 0 Å². The fourth-order valence-electron chi connectivity index (χ4n) is 1.81. The van der Waals surface area contributed by atoms with Crippen LogP contribution in [0, 0.1) is 11.6 Å². The van der Waals surface area contributed by atoms with Crippen molar-refractivity contribution < 1.29 is 13.6 Å². The maximum atomic E-state index is 13.0. The number of rotatable bonds is 4. The third-order valence-electron chi connectivity index (χ3n) is 2.84. The standard InChI is InChI=1S/C15H14F2N2O/c16-12-6-11(7-13(17)8-12)15(20)19-9-14(18)10-4-2-1-3-5-10/h1-8,14H,9,18H2,(H,19,20). The van der Waals surface area contributed by atoms with Crippen LogP contribution >= 0.6 is 0 Å². The number of nitrogens with one attached hydrogen (secondary N) is 1. The molecule has 0 saturated carbocycles. The molecule has 0 radical (unpaired) electrons. The normalized spacial score (nSPS) is 11.9. The molecule has 1 amide bonds. The number of benzene rings is 2. The number of carbonyl (C=O) groups is 1. The number of carbonyl (C=O) groups excluding carboxylic acids is 1. The molecule has 1 atom stereocenters. The lowest BCUT2D eigenvalue weighted by Crippen LogP contribution is -2.32. The molecule has 0 saturated heterocycles. The fourth-order valence-corrected chi connectivity index (χ4v) is 1.81. The Bertz CT molecular complexity index is 582. The summed E-state index contributed by atoms with van der Waals surface area (Å²) >= 11 is 0. The summed E-state index contributed by atoms with van der Waals surface area (Å²) in [6.07, 6.45) is 0. The van der Waals surface area contributed by atoms with Crippen molar-refractivity contribution in [2.45, 2.75) is 6.04 Å². The molecule has 3 nitrogen and oxygen atoms in total. The van der Waals surface area contributed by atoms with E-state index in [1.165, 1.54) is 0 Å². The lowest BCUT2D eigenvalue weighted by molar-refractivity contribution is 0.0950. The van der Waals surface area contributed by atoms with Gasteiger partial charge in [0.05, 0.1) is 0 Å². The van der Waals surface area contributed by atoms with Gasteiger partial charge in [-0.05, 0) is 17.7 Å². The summed E-state index contributed by atoms with van der Waals surface area (Å²) in [6.45, 7) is 0.182. The second-order valence-corrected chi connectivity index (χ2v) is 4.39. The SMILES string of the molecule is NC(CNC(=O)c1cc(F)cc(F)c1)c1ccccc1. The minimum absolute atomic E-state index is 0.0669. The maximum absolute atomic E-state index is 13.0. The van der Waals surface area contributed by atoms with Crippen molar-refractivity contribution in [1.29, 1.82) is 0 Å². The molecule has 5 heteroatoms. The first-order chi connectivity index (χ1) is 9.56. The van der Waals surface area contributed by atoms with Crippen molar-refractivity contribution in [2.24, 2.45) is 5.73 Å². The van der Waals surface area contributed by atoms with Crippen LogP contribution in [0.1, 0.15) is 22.0 Å². The van der Waals surface area contributed by atoms with E-state index in [0.717, 1.165) is 17.7 Å². The van der Waals surface area contributed by atoms with E-state index in [2.05, 4.69) is 5.32 Å². The van der Waals surface area contributed by atoms with Crippen LogP contribution in [0.4, 0.5) is 8.78 Å². The average molecular weight is 276 g/mol. The zero-order valence-corrected chi connectivity index (χ0v) is 10.6. The summed E-state index contributed by atoms with van der Waals surface area (Å²) in [4.78, 5) is 11.8. The van der Waals surface area contributed by atoms with Gasteiger partial charge in [-0.25, -0.2) is 8.78 Å². The summed E-state index contributed by atoms with van der Waals surface area (Å²) in [5.74, 6) is -2.14. The van der Waals surface area contributed by atoms with Gasteiger partial charge in [0.1, 0.15) is 11.6 Å². The summed E-state index contributed by atoms with van der Waals surface area (Å²) in [5, 5.41) is 2.55. The molecule has 3 N–H and O–H groups in total. The molecule has 2 rings (SSSR count). The van der Waals surface area contributed by atoms with Crippen molar-refractivity contribution in [1.82, 2.24) is 5.32 Å². The van der Waals surface area contributed by atoms with Crippen LogP contribution < -0.4 is 11.1 Å². The van der Waals surface area contributed by atoms with E-state index < -0.39 is 17.5 Å². The monoisotopic (exact) mass is 276 g/mol. The minimum atomic E-state index is -0.789. The van der Waals surface area contributed by atoms with Gasteiger partial charge in [0, 0.05) is 24.2 Å². The Hall–Kier alpha value is -2.27. The van der Waals surface area contributed by atoms with Gasteiger partial charge in [-0.1, -0.05) is 30.3 Å². The van der Waals surface area contributed by atoms with Crippen molar-refractivity contribution in [3.63, 3.8) is 0 Å². The molecule has 0 bridgehead atoms. The number of amides is 1. The fraction of sp³-hybridized carbons (Fsp3) is 0.133. The lowest BCUT2D eigenvalue weighted by atomic mass is 10.1. The van der Waals surface area contributed by atoms with Crippen molar-refractivity contribution >= 4 is 5.91 Å².